The average Bonchev–Trinajstić information content (AvgIpc) is 3.21. The molecule has 4 rings (SSSR count). The van der Waals surface area contributed by atoms with E-state index in [0.717, 1.165) is 0 Å². The molecule has 0 bridgehead atoms. The quantitative estimate of drug-likeness (QED) is 0.579. The average molecular weight is 298 g/mol. The van der Waals surface area contributed by atoms with Crippen molar-refractivity contribution in [3.8, 4) is 0 Å². The molecule has 0 heterocycles. The van der Waals surface area contributed by atoms with Crippen LogP contribution in [0.25, 0.3) is 0 Å². The predicted molar refractivity (Wildman–Crippen MR) is 79.5 cm³/mol. The Morgan fingerprint density at radius 1 is 1.05 bits per heavy atom. The third kappa shape index (κ3) is 1.58. The van der Waals surface area contributed by atoms with Crippen LogP contribution in [0.5, 0.6) is 0 Å². The van der Waals surface area contributed by atoms with Crippen LogP contribution in [-0.2, 0) is 19.1 Å². The molecule has 1 fully saturated rings. The van der Waals surface area contributed by atoms with Gasteiger partial charge in [-0.05, 0) is 24.2 Å². The summed E-state index contributed by atoms with van der Waals surface area (Å²) in [7, 11) is 2.71. The fourth-order valence-electron chi connectivity index (χ4n) is 4.73. The number of hydrogen-bond donors (Lipinski definition) is 0. The monoisotopic (exact) mass is 298 g/mol. The zero-order valence-electron chi connectivity index (χ0n) is 12.6. The molecule has 4 nitrogen and oxygen atoms in total. The Morgan fingerprint density at radius 2 is 1.77 bits per heavy atom. The van der Waals surface area contributed by atoms with Crippen LogP contribution < -0.4 is 0 Å². The first kappa shape index (κ1) is 13.6. The van der Waals surface area contributed by atoms with Crippen LogP contribution >= 0.6 is 0 Å². The van der Waals surface area contributed by atoms with Gasteiger partial charge in [0.05, 0.1) is 25.4 Å². The fraction of sp³-hybridized carbons (Fsp3) is 0.444. The smallest absolute Gasteiger partial charge is 0.334 e. The number of carbonyl (C=O) groups excluding carboxylic acids is 2. The minimum Gasteiger partial charge on any atom is -0.466 e. The van der Waals surface area contributed by atoms with Crippen LogP contribution in [0, 0.1) is 29.6 Å². The maximum absolute atomic E-state index is 12.4. The van der Waals surface area contributed by atoms with Crippen LogP contribution in [0.1, 0.15) is 6.42 Å². The maximum atomic E-state index is 12.4. The molecule has 5 atom stereocenters. The third-order valence-corrected chi connectivity index (χ3v) is 5.54. The highest BCUT2D eigenvalue weighted by Crippen LogP contribution is 2.60. The lowest BCUT2D eigenvalue weighted by molar-refractivity contribution is -0.140. The molecule has 0 aromatic heterocycles. The first-order valence-corrected chi connectivity index (χ1v) is 7.63. The van der Waals surface area contributed by atoms with E-state index in [1.165, 1.54) is 19.8 Å². The second kappa shape index (κ2) is 4.70. The zero-order valence-corrected chi connectivity index (χ0v) is 12.6. The zero-order chi connectivity index (χ0) is 15.4. The second-order valence-corrected chi connectivity index (χ2v) is 6.29. The Balaban J connectivity index is 1.84. The maximum Gasteiger partial charge on any atom is 0.334 e. The highest BCUT2D eigenvalue weighted by Gasteiger charge is 2.55. The molecule has 4 heteroatoms. The van der Waals surface area contributed by atoms with Crippen molar-refractivity contribution in [3.05, 3.63) is 47.1 Å². The van der Waals surface area contributed by atoms with E-state index in [2.05, 4.69) is 30.4 Å². The molecule has 0 aliphatic heterocycles. The minimum atomic E-state index is -0.429. The van der Waals surface area contributed by atoms with E-state index >= 15 is 0 Å². The number of methoxy groups -OCH3 is 2. The van der Waals surface area contributed by atoms with Crippen molar-refractivity contribution in [3.63, 3.8) is 0 Å². The first-order chi connectivity index (χ1) is 10.7. The highest BCUT2D eigenvalue weighted by atomic mass is 16.5. The standard InChI is InChI=1S/C18H18O4/c1-21-17(19)13-8-7-11-10-5-3-9-4-6-12(14(9)10)15(11)16(13)18(20)22-2/h3-7,9-10,12,14-15H,8H2,1-2H3/t9-,10+,12+,14+,15+/m0/s1. The molecule has 0 amide bonds. The van der Waals surface area contributed by atoms with Gasteiger partial charge in [0.2, 0.25) is 0 Å². The van der Waals surface area contributed by atoms with E-state index in [1.54, 1.807) is 0 Å². The number of carbonyl (C=O) groups is 2. The van der Waals surface area contributed by atoms with Crippen LogP contribution in [0.3, 0.4) is 0 Å². The summed E-state index contributed by atoms with van der Waals surface area (Å²) in [5.74, 6) is 0.726. The number of ether oxygens (including phenoxy) is 2. The van der Waals surface area contributed by atoms with E-state index in [-0.39, 0.29) is 11.8 Å². The molecule has 0 saturated heterocycles. The van der Waals surface area contributed by atoms with Crippen molar-refractivity contribution in [2.75, 3.05) is 14.2 Å². The summed E-state index contributed by atoms with van der Waals surface area (Å²) in [5, 5.41) is 0. The van der Waals surface area contributed by atoms with Gasteiger partial charge in [0.15, 0.2) is 0 Å². The number of allylic oxidation sites excluding steroid dienone is 6. The van der Waals surface area contributed by atoms with E-state index in [1.807, 2.05) is 0 Å². The molecule has 114 valence electrons. The van der Waals surface area contributed by atoms with Gasteiger partial charge >= 0.3 is 11.9 Å². The van der Waals surface area contributed by atoms with Gasteiger partial charge in [0, 0.05) is 11.8 Å². The van der Waals surface area contributed by atoms with Gasteiger partial charge in [-0.1, -0.05) is 36.0 Å². The first-order valence-electron chi connectivity index (χ1n) is 7.63. The molecule has 4 aliphatic carbocycles. The lowest BCUT2D eigenvalue weighted by Gasteiger charge is -2.26. The topological polar surface area (TPSA) is 52.6 Å². The largest absolute Gasteiger partial charge is 0.466 e. The summed E-state index contributed by atoms with van der Waals surface area (Å²) in [6.07, 6.45) is 11.5. The molecule has 0 aromatic carbocycles. The van der Waals surface area contributed by atoms with Crippen molar-refractivity contribution in [1.82, 2.24) is 0 Å². The SMILES string of the molecule is COC(=O)C1=C(C(=O)OC)[C@@H]2C(=CC1)[C@H]1C=C[C@H]3C=C[C@@H]2[C@H]31. The highest BCUT2D eigenvalue weighted by molar-refractivity contribution is 6.02. The van der Waals surface area contributed by atoms with Gasteiger partial charge < -0.3 is 9.47 Å². The summed E-state index contributed by atoms with van der Waals surface area (Å²) in [5.41, 5.74) is 2.22. The summed E-state index contributed by atoms with van der Waals surface area (Å²) in [6.45, 7) is 0. The van der Waals surface area contributed by atoms with Gasteiger partial charge in [0.25, 0.3) is 0 Å². The molecule has 0 N–H and O–H groups in total. The summed E-state index contributed by atoms with van der Waals surface area (Å²) in [6, 6.07) is 0. The number of hydrogen-bond acceptors (Lipinski definition) is 4. The summed E-state index contributed by atoms with van der Waals surface area (Å²) >= 11 is 0. The van der Waals surface area contributed by atoms with Gasteiger partial charge in [-0.3, -0.25) is 0 Å². The lowest BCUT2D eigenvalue weighted by atomic mass is 9.78. The molecular weight excluding hydrogens is 280 g/mol. The molecule has 22 heavy (non-hydrogen) atoms. The van der Waals surface area contributed by atoms with Crippen molar-refractivity contribution in [2.45, 2.75) is 6.42 Å². The Kier molecular flexibility index (Phi) is 2.90. The van der Waals surface area contributed by atoms with E-state index < -0.39 is 11.9 Å². The molecule has 0 spiro atoms. The van der Waals surface area contributed by atoms with Crippen LogP contribution in [0.15, 0.2) is 47.1 Å². The van der Waals surface area contributed by atoms with Gasteiger partial charge in [0.1, 0.15) is 0 Å². The summed E-state index contributed by atoms with van der Waals surface area (Å²) < 4.78 is 9.85. The van der Waals surface area contributed by atoms with E-state index in [9.17, 15) is 9.59 Å². The van der Waals surface area contributed by atoms with Gasteiger partial charge in [-0.15, -0.1) is 0 Å². The lowest BCUT2D eigenvalue weighted by Crippen LogP contribution is -2.26. The molecule has 0 radical (unpaired) electrons. The Hall–Kier alpha value is -2.10. The number of fused-ring (bicyclic) bond motifs is 3. The number of esters is 2. The van der Waals surface area contributed by atoms with Crippen molar-refractivity contribution in [2.24, 2.45) is 29.6 Å². The fourth-order valence-corrected chi connectivity index (χ4v) is 4.73. The van der Waals surface area contributed by atoms with Gasteiger partial charge in [-0.2, -0.15) is 0 Å². The minimum absolute atomic E-state index is 0.0449. The van der Waals surface area contributed by atoms with Crippen LogP contribution in [0.2, 0.25) is 0 Å². The van der Waals surface area contributed by atoms with E-state index in [0.29, 0.717) is 35.3 Å². The number of rotatable bonds is 2. The normalized spacial score (nSPS) is 37.0. The Morgan fingerprint density at radius 3 is 2.50 bits per heavy atom. The van der Waals surface area contributed by atoms with Crippen LogP contribution in [-0.4, -0.2) is 26.2 Å². The van der Waals surface area contributed by atoms with Crippen molar-refractivity contribution < 1.29 is 19.1 Å². The summed E-state index contributed by atoms with van der Waals surface area (Å²) in [4.78, 5) is 24.5. The molecular formula is C18H18O4. The molecule has 0 unspecified atom stereocenters. The van der Waals surface area contributed by atoms with Gasteiger partial charge in [-0.25, -0.2) is 9.59 Å². The second-order valence-electron chi connectivity index (χ2n) is 6.29. The van der Waals surface area contributed by atoms with Crippen molar-refractivity contribution >= 4 is 11.9 Å². The third-order valence-electron chi connectivity index (χ3n) is 5.54. The Bertz CT molecular complexity index is 679. The Labute approximate surface area is 129 Å². The van der Waals surface area contributed by atoms with Crippen LogP contribution in [0.4, 0.5) is 0 Å². The molecule has 1 saturated carbocycles. The van der Waals surface area contributed by atoms with Crippen molar-refractivity contribution in [1.29, 1.82) is 0 Å². The van der Waals surface area contributed by atoms with E-state index in [4.69, 9.17) is 9.47 Å². The molecule has 4 aliphatic rings. The molecule has 0 aromatic rings. The predicted octanol–water partition coefficient (Wildman–Crippen LogP) is 2.19.